The highest BCUT2D eigenvalue weighted by molar-refractivity contribution is 7.99. The molecule has 0 radical (unpaired) electrons. The summed E-state index contributed by atoms with van der Waals surface area (Å²) < 4.78 is 13.0. The van der Waals surface area contributed by atoms with Crippen LogP contribution in [0.5, 0.6) is 11.5 Å². The maximum Gasteiger partial charge on any atom is 0.234 e. The van der Waals surface area contributed by atoms with Crippen molar-refractivity contribution in [3.63, 3.8) is 0 Å². The Morgan fingerprint density at radius 2 is 1.67 bits per heavy atom. The number of carbonyl (C=O) groups is 1. The number of thioether (sulfide) groups is 1. The van der Waals surface area contributed by atoms with E-state index in [0.29, 0.717) is 22.5 Å². The highest BCUT2D eigenvalue weighted by Crippen LogP contribution is 2.35. The number of ether oxygens (including phenoxy) is 2. The molecular formula is C24H21N5O3S. The molecule has 0 saturated carbocycles. The van der Waals surface area contributed by atoms with Crippen molar-refractivity contribution in [1.82, 2.24) is 14.9 Å². The first-order valence-electron chi connectivity index (χ1n) is 10.3. The van der Waals surface area contributed by atoms with Crippen molar-refractivity contribution in [1.29, 1.82) is 0 Å². The standard InChI is InChI=1S/C24H21N5O3S/c25-29-23(21-14-31-19-8-4-5-9-20(19)32-21)27-28-24(29)33-15-22(30)26-18-12-10-17(11-13-18)16-6-2-1-3-7-16/h1-13,21H,14-15,25H2,(H,26,30)/t21-/m1/s1. The fourth-order valence-electron chi connectivity index (χ4n) is 3.46. The predicted molar refractivity (Wildman–Crippen MR) is 127 cm³/mol. The van der Waals surface area contributed by atoms with Gasteiger partial charge in [0.15, 0.2) is 23.4 Å². The number of anilines is 1. The van der Waals surface area contributed by atoms with E-state index >= 15 is 0 Å². The minimum atomic E-state index is -0.483. The van der Waals surface area contributed by atoms with Gasteiger partial charge in [0.25, 0.3) is 0 Å². The maximum atomic E-state index is 12.4. The van der Waals surface area contributed by atoms with E-state index < -0.39 is 6.10 Å². The monoisotopic (exact) mass is 459 g/mol. The minimum absolute atomic E-state index is 0.140. The Morgan fingerprint density at radius 1 is 0.970 bits per heavy atom. The van der Waals surface area contributed by atoms with Crippen molar-refractivity contribution in [2.75, 3.05) is 23.5 Å². The molecule has 9 heteroatoms. The molecule has 8 nitrogen and oxygen atoms in total. The van der Waals surface area contributed by atoms with Crippen LogP contribution < -0.4 is 20.6 Å². The molecule has 4 aromatic rings. The Labute approximate surface area is 194 Å². The lowest BCUT2D eigenvalue weighted by atomic mass is 10.1. The van der Waals surface area contributed by atoms with Gasteiger partial charge in [0.2, 0.25) is 11.1 Å². The number of hydrogen-bond donors (Lipinski definition) is 2. The SMILES string of the molecule is Nn1c(SCC(=O)Nc2ccc(-c3ccccc3)cc2)nnc1[C@H]1COc2ccccc2O1. The van der Waals surface area contributed by atoms with Crippen molar-refractivity contribution < 1.29 is 14.3 Å². The summed E-state index contributed by atoms with van der Waals surface area (Å²) in [6.07, 6.45) is -0.483. The second-order valence-corrected chi connectivity index (χ2v) is 8.30. The Hall–Kier alpha value is -3.98. The molecule has 0 fully saturated rings. The minimum Gasteiger partial charge on any atom is -0.485 e. The summed E-state index contributed by atoms with van der Waals surface area (Å²) in [6, 6.07) is 25.2. The number of benzene rings is 3. The number of rotatable bonds is 6. The summed E-state index contributed by atoms with van der Waals surface area (Å²) >= 11 is 1.20. The third kappa shape index (κ3) is 4.63. The number of para-hydroxylation sites is 2. The average molecular weight is 460 g/mol. The molecule has 5 rings (SSSR count). The summed E-state index contributed by atoms with van der Waals surface area (Å²) in [5.41, 5.74) is 2.93. The Morgan fingerprint density at radius 3 is 2.45 bits per heavy atom. The predicted octanol–water partition coefficient (Wildman–Crippen LogP) is 3.90. The highest BCUT2D eigenvalue weighted by atomic mass is 32.2. The zero-order valence-corrected chi connectivity index (χ0v) is 18.4. The van der Waals surface area contributed by atoms with Gasteiger partial charge in [0, 0.05) is 5.69 Å². The fraction of sp³-hybridized carbons (Fsp3) is 0.125. The number of hydrogen-bond acceptors (Lipinski definition) is 7. The van der Waals surface area contributed by atoms with Crippen molar-refractivity contribution >= 4 is 23.4 Å². The molecule has 1 amide bonds. The second kappa shape index (κ2) is 9.25. The van der Waals surface area contributed by atoms with E-state index in [9.17, 15) is 4.79 Å². The van der Waals surface area contributed by atoms with Crippen molar-refractivity contribution in [3.8, 4) is 22.6 Å². The molecule has 1 aromatic heterocycles. The van der Waals surface area contributed by atoms with Crippen LogP contribution in [0.1, 0.15) is 11.9 Å². The second-order valence-electron chi connectivity index (χ2n) is 7.36. The van der Waals surface area contributed by atoms with Crippen LogP contribution in [-0.4, -0.2) is 33.1 Å². The molecule has 3 aromatic carbocycles. The lowest BCUT2D eigenvalue weighted by molar-refractivity contribution is -0.113. The Bertz CT molecular complexity index is 1260. The molecule has 166 valence electrons. The van der Waals surface area contributed by atoms with Crippen molar-refractivity contribution in [2.24, 2.45) is 0 Å². The molecule has 3 N–H and O–H groups in total. The van der Waals surface area contributed by atoms with E-state index in [-0.39, 0.29) is 18.3 Å². The molecule has 0 bridgehead atoms. The molecule has 0 spiro atoms. The van der Waals surface area contributed by atoms with E-state index in [1.54, 1.807) is 0 Å². The van der Waals surface area contributed by atoms with Crippen LogP contribution in [-0.2, 0) is 4.79 Å². The summed E-state index contributed by atoms with van der Waals surface area (Å²) in [6.45, 7) is 0.274. The largest absolute Gasteiger partial charge is 0.485 e. The van der Waals surface area contributed by atoms with Gasteiger partial charge >= 0.3 is 0 Å². The summed E-state index contributed by atoms with van der Waals surface area (Å²) in [5, 5.41) is 11.6. The first-order valence-corrected chi connectivity index (χ1v) is 11.3. The highest BCUT2D eigenvalue weighted by Gasteiger charge is 2.28. The number of nitrogen functional groups attached to an aromatic ring is 1. The average Bonchev–Trinajstić information content (AvgIpc) is 3.23. The number of aromatic nitrogens is 3. The number of fused-ring (bicyclic) bond motifs is 1. The van der Waals surface area contributed by atoms with E-state index in [0.717, 1.165) is 16.8 Å². The van der Waals surface area contributed by atoms with Crippen LogP contribution in [0, 0.1) is 0 Å². The smallest absolute Gasteiger partial charge is 0.234 e. The molecule has 1 atom stereocenters. The van der Waals surface area contributed by atoms with Crippen LogP contribution >= 0.6 is 11.8 Å². The van der Waals surface area contributed by atoms with E-state index in [1.807, 2.05) is 78.9 Å². The van der Waals surface area contributed by atoms with E-state index in [1.165, 1.54) is 16.4 Å². The zero-order chi connectivity index (χ0) is 22.6. The van der Waals surface area contributed by atoms with Gasteiger partial charge in [-0.2, -0.15) is 0 Å². The Balaban J connectivity index is 1.17. The van der Waals surface area contributed by atoms with E-state index in [4.69, 9.17) is 15.3 Å². The van der Waals surface area contributed by atoms with Gasteiger partial charge in [-0.05, 0) is 35.4 Å². The molecule has 0 unspecified atom stereocenters. The number of nitrogens with one attached hydrogen (secondary N) is 1. The molecule has 1 aliphatic heterocycles. The molecule has 33 heavy (non-hydrogen) atoms. The molecule has 0 aliphatic carbocycles. The maximum absolute atomic E-state index is 12.4. The van der Waals surface area contributed by atoms with Gasteiger partial charge < -0.3 is 20.6 Å². The van der Waals surface area contributed by atoms with Gasteiger partial charge in [-0.15, -0.1) is 10.2 Å². The number of nitrogens with two attached hydrogens (primary N) is 1. The lowest BCUT2D eigenvalue weighted by Gasteiger charge is -2.25. The quantitative estimate of drug-likeness (QED) is 0.333. The van der Waals surface area contributed by atoms with Crippen molar-refractivity contribution in [2.45, 2.75) is 11.3 Å². The first kappa shape index (κ1) is 20.9. The van der Waals surface area contributed by atoms with Crippen LogP contribution in [0.3, 0.4) is 0 Å². The first-order chi connectivity index (χ1) is 16.2. The third-order valence-corrected chi connectivity index (χ3v) is 6.04. The third-order valence-electron chi connectivity index (χ3n) is 5.10. The lowest BCUT2D eigenvalue weighted by Crippen LogP contribution is -2.27. The normalized spacial score (nSPS) is 14.6. The van der Waals surface area contributed by atoms with Gasteiger partial charge in [-0.25, -0.2) is 4.68 Å². The zero-order valence-electron chi connectivity index (χ0n) is 17.5. The van der Waals surface area contributed by atoms with Gasteiger partial charge in [0.1, 0.15) is 6.61 Å². The fourth-order valence-corrected chi connectivity index (χ4v) is 4.12. The van der Waals surface area contributed by atoms with Crippen LogP contribution in [0.15, 0.2) is 84.0 Å². The molecular weight excluding hydrogens is 438 g/mol. The molecule has 0 saturated heterocycles. The Kier molecular flexibility index (Phi) is 5.86. The van der Waals surface area contributed by atoms with Crippen LogP contribution in [0.2, 0.25) is 0 Å². The number of carbonyl (C=O) groups excluding carboxylic acids is 1. The van der Waals surface area contributed by atoms with Gasteiger partial charge in [-0.1, -0.05) is 66.4 Å². The number of nitrogens with zero attached hydrogens (tertiary/aromatic N) is 3. The van der Waals surface area contributed by atoms with Gasteiger partial charge in [0.05, 0.1) is 5.75 Å². The topological polar surface area (TPSA) is 104 Å². The number of amides is 1. The summed E-state index contributed by atoms with van der Waals surface area (Å²) in [4.78, 5) is 12.4. The molecule has 1 aliphatic rings. The molecule has 2 heterocycles. The summed E-state index contributed by atoms with van der Waals surface area (Å²) in [7, 11) is 0. The van der Waals surface area contributed by atoms with Gasteiger partial charge in [-0.3, -0.25) is 4.79 Å². The van der Waals surface area contributed by atoms with Crippen LogP contribution in [0.4, 0.5) is 5.69 Å². The summed E-state index contributed by atoms with van der Waals surface area (Å²) in [5.74, 6) is 7.89. The van der Waals surface area contributed by atoms with Crippen molar-refractivity contribution in [3.05, 3.63) is 84.7 Å². The van der Waals surface area contributed by atoms with Crippen LogP contribution in [0.25, 0.3) is 11.1 Å². The van der Waals surface area contributed by atoms with E-state index in [2.05, 4.69) is 15.5 Å².